The fourth-order valence-electron chi connectivity index (χ4n) is 1.02. The Morgan fingerprint density at radius 1 is 1.38 bits per heavy atom. The summed E-state index contributed by atoms with van der Waals surface area (Å²) in [5.41, 5.74) is 8.14. The summed E-state index contributed by atoms with van der Waals surface area (Å²) in [5, 5.41) is 0. The lowest BCUT2D eigenvalue weighted by molar-refractivity contribution is -0.158. The third-order valence-electron chi connectivity index (χ3n) is 1.84. The van der Waals surface area contributed by atoms with Crippen molar-refractivity contribution in [2.45, 2.75) is 19.4 Å². The molecule has 1 aromatic carbocycles. The van der Waals surface area contributed by atoms with Crippen LogP contribution in [-0.4, -0.2) is 17.9 Å². The maximum Gasteiger partial charge on any atom is 0.348 e. The van der Waals surface area contributed by atoms with E-state index in [0.717, 1.165) is 5.56 Å². The molecule has 0 fully saturated rings. The van der Waals surface area contributed by atoms with E-state index in [-0.39, 0.29) is 12.3 Å². The highest BCUT2D eigenvalue weighted by atomic mass is 16.7. The second-order valence-corrected chi connectivity index (χ2v) is 3.40. The van der Waals surface area contributed by atoms with Gasteiger partial charge in [-0.2, -0.15) is 5.48 Å². The second kappa shape index (κ2) is 5.87. The van der Waals surface area contributed by atoms with Crippen LogP contribution in [0.25, 0.3) is 0 Å². The first kappa shape index (κ1) is 12.2. The number of benzene rings is 1. The number of amides is 1. The Labute approximate surface area is 93.5 Å². The van der Waals surface area contributed by atoms with Gasteiger partial charge in [-0.25, -0.2) is 4.79 Å². The third-order valence-corrected chi connectivity index (χ3v) is 1.84. The Balaban J connectivity index is 2.35. The van der Waals surface area contributed by atoms with Gasteiger partial charge >= 0.3 is 5.97 Å². The monoisotopic (exact) mass is 222 g/mol. The summed E-state index contributed by atoms with van der Waals surface area (Å²) in [6.07, 6.45) is 0.160. The van der Waals surface area contributed by atoms with Crippen molar-refractivity contribution in [3.05, 3.63) is 35.9 Å². The van der Waals surface area contributed by atoms with E-state index in [4.69, 9.17) is 5.73 Å². The molecule has 0 aliphatic heterocycles. The average Bonchev–Trinajstić information content (AvgIpc) is 2.27. The van der Waals surface area contributed by atoms with E-state index in [1.165, 1.54) is 6.92 Å². The molecule has 5 nitrogen and oxygen atoms in total. The zero-order valence-corrected chi connectivity index (χ0v) is 8.97. The molecule has 0 heterocycles. The molecular weight excluding hydrogens is 208 g/mol. The van der Waals surface area contributed by atoms with Crippen molar-refractivity contribution in [1.82, 2.24) is 5.48 Å². The summed E-state index contributed by atoms with van der Waals surface area (Å²) < 4.78 is 0. The largest absolute Gasteiger partial charge is 0.348 e. The van der Waals surface area contributed by atoms with Crippen molar-refractivity contribution >= 4 is 11.9 Å². The van der Waals surface area contributed by atoms with Gasteiger partial charge in [-0.3, -0.25) is 4.79 Å². The Bertz CT molecular complexity index is 363. The van der Waals surface area contributed by atoms with Crippen molar-refractivity contribution < 1.29 is 14.4 Å². The van der Waals surface area contributed by atoms with Crippen molar-refractivity contribution in [2.24, 2.45) is 5.73 Å². The van der Waals surface area contributed by atoms with Crippen molar-refractivity contribution in [1.29, 1.82) is 0 Å². The number of hydroxylamine groups is 1. The lowest BCUT2D eigenvalue weighted by Gasteiger charge is -2.07. The van der Waals surface area contributed by atoms with E-state index >= 15 is 0 Å². The van der Waals surface area contributed by atoms with Crippen LogP contribution in [-0.2, 0) is 20.8 Å². The predicted molar refractivity (Wildman–Crippen MR) is 58.0 cm³/mol. The van der Waals surface area contributed by atoms with Gasteiger partial charge in [-0.15, -0.1) is 0 Å². The van der Waals surface area contributed by atoms with E-state index in [1.54, 1.807) is 0 Å². The normalized spacial score (nSPS) is 11.6. The molecule has 1 amide bonds. The summed E-state index contributed by atoms with van der Waals surface area (Å²) in [5.74, 6) is -1.05. The van der Waals surface area contributed by atoms with Crippen LogP contribution in [0.5, 0.6) is 0 Å². The molecular formula is C11H14N2O3. The molecule has 0 aliphatic rings. The molecule has 86 valence electrons. The van der Waals surface area contributed by atoms with Gasteiger partial charge in [0, 0.05) is 0 Å². The molecule has 0 aromatic heterocycles. The highest BCUT2D eigenvalue weighted by Crippen LogP contribution is 1.99. The number of rotatable bonds is 3. The lowest BCUT2D eigenvalue weighted by Crippen LogP contribution is -2.36. The molecule has 3 N–H and O–H groups in total. The molecule has 0 bridgehead atoms. The highest BCUT2D eigenvalue weighted by Gasteiger charge is 2.11. The Hall–Kier alpha value is -1.88. The van der Waals surface area contributed by atoms with Gasteiger partial charge in [0.05, 0.1) is 6.42 Å². The van der Waals surface area contributed by atoms with Gasteiger partial charge in [-0.05, 0) is 12.5 Å². The molecule has 0 saturated carbocycles. The molecule has 0 radical (unpaired) electrons. The topological polar surface area (TPSA) is 81.4 Å². The first-order valence-electron chi connectivity index (χ1n) is 4.88. The van der Waals surface area contributed by atoms with Crippen LogP contribution in [0.15, 0.2) is 30.3 Å². The van der Waals surface area contributed by atoms with Gasteiger partial charge in [0.25, 0.3) is 5.91 Å². The fraction of sp³-hybridized carbons (Fsp3) is 0.273. The Kier molecular flexibility index (Phi) is 4.47. The number of nitrogens with one attached hydrogen (secondary N) is 1. The molecule has 1 rings (SSSR count). The molecule has 16 heavy (non-hydrogen) atoms. The van der Waals surface area contributed by atoms with Gasteiger partial charge < -0.3 is 10.6 Å². The molecule has 1 aromatic rings. The maximum absolute atomic E-state index is 11.3. The van der Waals surface area contributed by atoms with Crippen molar-refractivity contribution in [3.63, 3.8) is 0 Å². The summed E-state index contributed by atoms with van der Waals surface area (Å²) in [4.78, 5) is 26.7. The fourth-order valence-corrected chi connectivity index (χ4v) is 1.02. The minimum Gasteiger partial charge on any atom is -0.339 e. The number of carbonyl (C=O) groups excluding carboxylic acids is 2. The predicted octanol–water partition coefficient (Wildman–Crippen LogP) is 0.151. The van der Waals surface area contributed by atoms with Crippen LogP contribution in [0.1, 0.15) is 12.5 Å². The van der Waals surface area contributed by atoms with Crippen LogP contribution in [0, 0.1) is 0 Å². The maximum atomic E-state index is 11.3. The molecule has 0 aliphatic carbocycles. The molecule has 5 heteroatoms. The summed E-state index contributed by atoms with van der Waals surface area (Å²) in [7, 11) is 0. The summed E-state index contributed by atoms with van der Waals surface area (Å²) in [6.45, 7) is 1.48. The minimum atomic E-state index is -0.753. The zero-order chi connectivity index (χ0) is 12.0. The molecule has 0 saturated heterocycles. The Morgan fingerprint density at radius 2 is 2.00 bits per heavy atom. The number of carbonyl (C=O) groups is 2. The van der Waals surface area contributed by atoms with Crippen LogP contribution < -0.4 is 11.2 Å². The highest BCUT2D eigenvalue weighted by molar-refractivity contribution is 5.81. The van der Waals surface area contributed by atoms with Crippen LogP contribution >= 0.6 is 0 Å². The summed E-state index contributed by atoms with van der Waals surface area (Å²) in [6, 6.07) is 8.39. The van der Waals surface area contributed by atoms with E-state index in [9.17, 15) is 9.59 Å². The standard InChI is InChI=1S/C11H14N2O3/c1-8(12)11(15)16-13-10(14)7-9-5-3-2-4-6-9/h2-6,8H,7,12H2,1H3,(H,13,14)/t8-/m0/s1. The van der Waals surface area contributed by atoms with Crippen LogP contribution in [0.2, 0.25) is 0 Å². The number of hydrogen-bond donors (Lipinski definition) is 2. The quantitative estimate of drug-likeness (QED) is 0.713. The van der Waals surface area contributed by atoms with E-state index in [2.05, 4.69) is 4.84 Å². The lowest BCUT2D eigenvalue weighted by atomic mass is 10.1. The first-order valence-corrected chi connectivity index (χ1v) is 4.88. The van der Waals surface area contributed by atoms with Crippen molar-refractivity contribution in [3.8, 4) is 0 Å². The van der Waals surface area contributed by atoms with Gasteiger partial charge in [0.15, 0.2) is 0 Å². The molecule has 0 spiro atoms. The number of nitrogens with two attached hydrogens (primary N) is 1. The second-order valence-electron chi connectivity index (χ2n) is 3.40. The van der Waals surface area contributed by atoms with Gasteiger partial charge in [0.2, 0.25) is 0 Å². The Morgan fingerprint density at radius 3 is 2.56 bits per heavy atom. The summed E-state index contributed by atoms with van der Waals surface area (Å²) >= 11 is 0. The smallest absolute Gasteiger partial charge is 0.339 e. The van der Waals surface area contributed by atoms with Crippen LogP contribution in [0.4, 0.5) is 0 Å². The molecule has 0 unspecified atom stereocenters. The first-order chi connectivity index (χ1) is 7.59. The van der Waals surface area contributed by atoms with Crippen LogP contribution in [0.3, 0.4) is 0 Å². The molecule has 1 atom stereocenters. The SMILES string of the molecule is C[C@H](N)C(=O)ONC(=O)Cc1ccccc1. The average molecular weight is 222 g/mol. The van der Waals surface area contributed by atoms with E-state index in [0.29, 0.717) is 0 Å². The number of hydrogen-bond acceptors (Lipinski definition) is 4. The van der Waals surface area contributed by atoms with Gasteiger partial charge in [0.1, 0.15) is 6.04 Å². The third kappa shape index (κ3) is 4.10. The van der Waals surface area contributed by atoms with E-state index in [1.807, 2.05) is 35.8 Å². The van der Waals surface area contributed by atoms with E-state index < -0.39 is 12.0 Å². The van der Waals surface area contributed by atoms with Crippen molar-refractivity contribution in [2.75, 3.05) is 0 Å². The van der Waals surface area contributed by atoms with Gasteiger partial charge in [-0.1, -0.05) is 30.3 Å². The zero-order valence-electron chi connectivity index (χ0n) is 8.97. The minimum absolute atomic E-state index is 0.160.